The number of hydrogen-bond donors (Lipinski definition) is 1. The van der Waals surface area contributed by atoms with Crippen LogP contribution in [0.1, 0.15) is 35.2 Å². The zero-order valence-electron chi connectivity index (χ0n) is 17.7. The number of rotatable bonds is 5. The van der Waals surface area contributed by atoms with Crippen molar-refractivity contribution in [3.63, 3.8) is 0 Å². The van der Waals surface area contributed by atoms with E-state index in [0.717, 1.165) is 18.3 Å². The molecule has 2 fully saturated rings. The third-order valence-corrected chi connectivity index (χ3v) is 6.27. The van der Waals surface area contributed by atoms with Gasteiger partial charge in [0.15, 0.2) is 17.7 Å². The van der Waals surface area contributed by atoms with Gasteiger partial charge in [-0.3, -0.25) is 4.79 Å². The number of benzene rings is 1. The summed E-state index contributed by atoms with van der Waals surface area (Å²) >= 11 is 6.04. The van der Waals surface area contributed by atoms with Crippen molar-refractivity contribution < 1.29 is 37.0 Å². The fourth-order valence-electron chi connectivity index (χ4n) is 4.24. The Labute approximate surface area is 196 Å². The van der Waals surface area contributed by atoms with E-state index in [1.807, 2.05) is 0 Å². The van der Waals surface area contributed by atoms with E-state index in [2.05, 4.69) is 4.98 Å². The van der Waals surface area contributed by atoms with E-state index < -0.39 is 29.6 Å². The first-order valence-electron chi connectivity index (χ1n) is 10.5. The van der Waals surface area contributed by atoms with Crippen molar-refractivity contribution in [2.24, 2.45) is 0 Å². The minimum absolute atomic E-state index is 0.0880. The number of halogens is 5. The minimum atomic E-state index is -4.53. The first kappa shape index (κ1) is 24.1. The van der Waals surface area contributed by atoms with Crippen molar-refractivity contribution >= 4 is 29.3 Å². The molecule has 0 aliphatic carbocycles. The van der Waals surface area contributed by atoms with E-state index in [4.69, 9.17) is 21.4 Å². The molecule has 1 aromatic carbocycles. The van der Waals surface area contributed by atoms with Gasteiger partial charge in [-0.1, -0.05) is 11.6 Å². The molecule has 1 unspecified atom stereocenters. The molecule has 12 heteroatoms. The lowest BCUT2D eigenvalue weighted by Crippen LogP contribution is -2.47. The summed E-state index contributed by atoms with van der Waals surface area (Å²) in [5.41, 5.74) is -1.14. The van der Waals surface area contributed by atoms with Gasteiger partial charge in [-0.05, 0) is 37.1 Å². The molecule has 1 amide bonds. The van der Waals surface area contributed by atoms with Crippen LogP contribution in [0.15, 0.2) is 30.5 Å². The molecule has 2 saturated heterocycles. The number of amides is 1. The maximum Gasteiger partial charge on any atom is 0.417 e. The molecule has 4 rings (SSSR count). The summed E-state index contributed by atoms with van der Waals surface area (Å²) in [5, 5.41) is 8.84. The molecule has 34 heavy (non-hydrogen) atoms. The van der Waals surface area contributed by atoms with Crippen LogP contribution in [0.3, 0.4) is 0 Å². The number of pyridine rings is 1. The molecule has 3 heterocycles. The van der Waals surface area contributed by atoms with Gasteiger partial charge in [0.25, 0.3) is 5.91 Å². The summed E-state index contributed by atoms with van der Waals surface area (Å²) in [4.78, 5) is 31.2. The highest BCUT2D eigenvalue weighted by Crippen LogP contribution is 2.35. The van der Waals surface area contributed by atoms with Crippen LogP contribution in [0.2, 0.25) is 5.02 Å². The predicted octanol–water partition coefficient (Wildman–Crippen LogP) is 4.24. The monoisotopic (exact) mass is 501 g/mol. The Balaban J connectivity index is 1.36. The zero-order valence-corrected chi connectivity index (χ0v) is 18.4. The molecule has 2 aromatic rings. The van der Waals surface area contributed by atoms with Gasteiger partial charge in [-0.2, -0.15) is 13.2 Å². The first-order chi connectivity index (χ1) is 16.0. The fourth-order valence-corrected chi connectivity index (χ4v) is 4.52. The lowest BCUT2D eigenvalue weighted by atomic mass is 10.0. The summed E-state index contributed by atoms with van der Waals surface area (Å²) in [6.07, 6.45) is -3.20. The van der Waals surface area contributed by atoms with E-state index in [0.29, 0.717) is 38.9 Å². The number of ether oxygens (including phenoxy) is 1. The Morgan fingerprint density at radius 1 is 1.15 bits per heavy atom. The number of nitrogens with zero attached hydrogens (tertiary/aromatic N) is 3. The maximum absolute atomic E-state index is 14.2. The molecule has 0 spiro atoms. The number of alkyl halides is 3. The maximum atomic E-state index is 14.2. The lowest BCUT2D eigenvalue weighted by Gasteiger charge is -2.37. The first-order valence-corrected chi connectivity index (χ1v) is 10.9. The SMILES string of the molecule is O=C(O)c1ccc(OC2CCN(C3CCN(c4ncc(C(F)(F)F)cc4Cl)CC3)C2=O)c(F)c1. The van der Waals surface area contributed by atoms with Crippen LogP contribution in [-0.4, -0.2) is 58.6 Å². The van der Waals surface area contributed by atoms with Crippen molar-refractivity contribution in [2.75, 3.05) is 24.5 Å². The van der Waals surface area contributed by atoms with Gasteiger partial charge in [0, 0.05) is 38.3 Å². The summed E-state index contributed by atoms with van der Waals surface area (Å²) < 4.78 is 58.2. The summed E-state index contributed by atoms with van der Waals surface area (Å²) in [7, 11) is 0. The third kappa shape index (κ3) is 4.89. The highest BCUT2D eigenvalue weighted by Gasteiger charge is 2.39. The average molecular weight is 502 g/mol. The van der Waals surface area contributed by atoms with E-state index in [1.54, 1.807) is 9.80 Å². The molecule has 1 aromatic heterocycles. The van der Waals surface area contributed by atoms with Crippen LogP contribution < -0.4 is 9.64 Å². The van der Waals surface area contributed by atoms with Crippen molar-refractivity contribution in [1.82, 2.24) is 9.88 Å². The molecule has 182 valence electrons. The van der Waals surface area contributed by atoms with Gasteiger partial charge in [0.05, 0.1) is 16.1 Å². The molecular formula is C22H20ClF4N3O4. The van der Waals surface area contributed by atoms with Crippen molar-refractivity contribution in [3.8, 4) is 5.75 Å². The largest absolute Gasteiger partial charge is 0.478 e. The minimum Gasteiger partial charge on any atom is -0.478 e. The van der Waals surface area contributed by atoms with Gasteiger partial charge in [0.1, 0.15) is 5.82 Å². The zero-order chi connectivity index (χ0) is 24.6. The molecule has 2 aliphatic heterocycles. The number of aromatic nitrogens is 1. The lowest BCUT2D eigenvalue weighted by molar-refractivity contribution is -0.138. The molecule has 2 aliphatic rings. The van der Waals surface area contributed by atoms with E-state index >= 15 is 0 Å². The van der Waals surface area contributed by atoms with E-state index in [-0.39, 0.29) is 34.1 Å². The quantitative estimate of drug-likeness (QED) is 0.617. The fraction of sp³-hybridized carbons (Fsp3) is 0.409. The van der Waals surface area contributed by atoms with Crippen molar-refractivity contribution in [1.29, 1.82) is 0 Å². The number of carboxylic acids is 1. The predicted molar refractivity (Wildman–Crippen MR) is 114 cm³/mol. The second-order valence-corrected chi connectivity index (χ2v) is 8.53. The Kier molecular flexibility index (Phi) is 6.57. The van der Waals surface area contributed by atoms with Gasteiger partial charge < -0.3 is 19.6 Å². The standard InChI is InChI=1S/C22H20ClF4N3O4/c23-15-10-13(22(25,26)27)11-28-19(15)29-6-3-14(4-7-29)30-8-5-18(20(30)31)34-17-2-1-12(21(32)33)9-16(17)24/h1-2,9-11,14,18H,3-8H2,(H,32,33). The number of likely N-dealkylation sites (tertiary alicyclic amines) is 1. The van der Waals surface area contributed by atoms with E-state index in [1.165, 1.54) is 12.1 Å². The van der Waals surface area contributed by atoms with Gasteiger partial charge in [-0.15, -0.1) is 0 Å². The summed E-state index contributed by atoms with van der Waals surface area (Å²) in [6.45, 7) is 1.31. The summed E-state index contributed by atoms with van der Waals surface area (Å²) in [5.74, 6) is -2.34. The van der Waals surface area contributed by atoms with Crippen LogP contribution in [0, 0.1) is 5.82 Å². The molecule has 1 N–H and O–H groups in total. The van der Waals surface area contributed by atoms with Gasteiger partial charge in [0.2, 0.25) is 0 Å². The van der Waals surface area contributed by atoms with Crippen LogP contribution in [0.5, 0.6) is 5.75 Å². The average Bonchev–Trinajstić information content (AvgIpc) is 3.14. The van der Waals surface area contributed by atoms with Crippen LogP contribution >= 0.6 is 11.6 Å². The normalized spacial score (nSPS) is 19.6. The molecule has 0 saturated carbocycles. The highest BCUT2D eigenvalue weighted by atomic mass is 35.5. The van der Waals surface area contributed by atoms with Crippen LogP contribution in [-0.2, 0) is 11.0 Å². The number of carbonyl (C=O) groups is 2. The summed E-state index contributed by atoms with van der Waals surface area (Å²) in [6, 6.07) is 3.97. The van der Waals surface area contributed by atoms with Crippen LogP contribution in [0.4, 0.5) is 23.4 Å². The second kappa shape index (κ2) is 9.28. The number of anilines is 1. The van der Waals surface area contributed by atoms with Gasteiger partial charge >= 0.3 is 12.1 Å². The smallest absolute Gasteiger partial charge is 0.417 e. The third-order valence-electron chi connectivity index (χ3n) is 5.99. The van der Waals surface area contributed by atoms with Crippen molar-refractivity contribution in [2.45, 2.75) is 37.6 Å². The van der Waals surface area contributed by atoms with Gasteiger partial charge in [-0.25, -0.2) is 14.2 Å². The van der Waals surface area contributed by atoms with Crippen molar-refractivity contribution in [3.05, 3.63) is 52.4 Å². The Morgan fingerprint density at radius 3 is 2.44 bits per heavy atom. The molecule has 0 bridgehead atoms. The number of piperidine rings is 1. The van der Waals surface area contributed by atoms with Crippen LogP contribution in [0.25, 0.3) is 0 Å². The Hall–Kier alpha value is -3.08. The molecule has 0 radical (unpaired) electrons. The Morgan fingerprint density at radius 2 is 1.85 bits per heavy atom. The highest BCUT2D eigenvalue weighted by molar-refractivity contribution is 6.33. The molecule has 7 nitrogen and oxygen atoms in total. The molecule has 1 atom stereocenters. The number of carboxylic acid groups (broad SMARTS) is 1. The van der Waals surface area contributed by atoms with E-state index in [9.17, 15) is 27.2 Å². The second-order valence-electron chi connectivity index (χ2n) is 8.12. The number of carbonyl (C=O) groups excluding carboxylic acids is 1. The number of aromatic carboxylic acids is 1. The Bertz CT molecular complexity index is 1110. The number of hydrogen-bond acceptors (Lipinski definition) is 5. The topological polar surface area (TPSA) is 83.0 Å². The molecular weight excluding hydrogens is 482 g/mol.